The quantitative estimate of drug-likeness (QED) is 0.637. The van der Waals surface area contributed by atoms with E-state index in [1.54, 1.807) is 18.3 Å². The van der Waals surface area contributed by atoms with E-state index in [1.165, 1.54) is 23.8 Å². The van der Waals surface area contributed by atoms with Crippen molar-refractivity contribution in [3.8, 4) is 5.75 Å². The number of aromatic nitrogens is 1. The van der Waals surface area contributed by atoms with Crippen molar-refractivity contribution in [2.75, 3.05) is 6.61 Å². The van der Waals surface area contributed by atoms with E-state index in [0.29, 0.717) is 25.3 Å². The summed E-state index contributed by atoms with van der Waals surface area (Å²) in [6.07, 6.45) is 7.89. The normalized spacial score (nSPS) is 10.5. The van der Waals surface area contributed by atoms with Crippen molar-refractivity contribution in [1.29, 1.82) is 0 Å². The van der Waals surface area contributed by atoms with Gasteiger partial charge in [-0.2, -0.15) is 0 Å². The van der Waals surface area contributed by atoms with Crippen LogP contribution >= 0.6 is 0 Å². The summed E-state index contributed by atoms with van der Waals surface area (Å²) in [5.74, 6) is -0.495. The van der Waals surface area contributed by atoms with Crippen molar-refractivity contribution in [3.05, 3.63) is 28.7 Å². The number of nitrogens with zero attached hydrogens (tertiary/aromatic N) is 1. The first kappa shape index (κ1) is 17.3. The number of hydrogen-bond donors (Lipinski definition) is 1. The van der Waals surface area contributed by atoms with Gasteiger partial charge in [-0.1, -0.05) is 32.6 Å². The molecule has 1 rings (SSSR count). The summed E-state index contributed by atoms with van der Waals surface area (Å²) in [4.78, 5) is 22.6. The Bertz CT molecular complexity index is 481. The van der Waals surface area contributed by atoms with E-state index in [-0.39, 0.29) is 12.0 Å². The van der Waals surface area contributed by atoms with Gasteiger partial charge in [0.2, 0.25) is 0 Å². The Kier molecular flexibility index (Phi) is 8.24. The number of aryl methyl sites for hydroxylation is 1. The first-order chi connectivity index (χ1) is 10.1. The second kappa shape index (κ2) is 10.0. The van der Waals surface area contributed by atoms with Crippen LogP contribution in [0.1, 0.15) is 51.9 Å². The summed E-state index contributed by atoms with van der Waals surface area (Å²) in [6, 6.07) is 3.43. The van der Waals surface area contributed by atoms with Crippen LogP contribution in [0.4, 0.5) is 0 Å². The molecule has 0 atom stereocenters. The highest BCUT2D eigenvalue weighted by atomic mass is 16.5. The fraction of sp³-hybridized carbons (Fsp3) is 0.625. The Morgan fingerprint density at radius 1 is 1.24 bits per heavy atom. The lowest BCUT2D eigenvalue weighted by Gasteiger charge is -2.09. The maximum atomic E-state index is 12.1. The van der Waals surface area contributed by atoms with Gasteiger partial charge in [0.25, 0.3) is 5.56 Å². The van der Waals surface area contributed by atoms with Crippen molar-refractivity contribution < 1.29 is 14.6 Å². The number of ether oxygens (including phenoxy) is 1. The Labute approximate surface area is 125 Å². The topological polar surface area (TPSA) is 68.5 Å². The molecule has 5 heteroatoms. The number of carbonyl (C=O) groups is 1. The van der Waals surface area contributed by atoms with Crippen LogP contribution in [0, 0.1) is 0 Å². The highest BCUT2D eigenvalue weighted by Gasteiger charge is 2.05. The molecular weight excluding hydrogens is 270 g/mol. The van der Waals surface area contributed by atoms with Gasteiger partial charge >= 0.3 is 5.97 Å². The summed E-state index contributed by atoms with van der Waals surface area (Å²) < 4.78 is 7.04. The zero-order chi connectivity index (χ0) is 15.5. The average molecular weight is 295 g/mol. The number of aliphatic carboxylic acids is 1. The molecular formula is C16H25NO4. The highest BCUT2D eigenvalue weighted by Crippen LogP contribution is 2.06. The summed E-state index contributed by atoms with van der Waals surface area (Å²) >= 11 is 0. The largest absolute Gasteiger partial charge is 0.488 e. The lowest BCUT2D eigenvalue weighted by molar-refractivity contribution is -0.137. The third kappa shape index (κ3) is 6.97. The first-order valence-corrected chi connectivity index (χ1v) is 7.69. The minimum Gasteiger partial charge on any atom is -0.488 e. The van der Waals surface area contributed by atoms with Crippen LogP contribution in [0.2, 0.25) is 0 Å². The van der Waals surface area contributed by atoms with Gasteiger partial charge in [-0.05, 0) is 25.0 Å². The molecule has 0 amide bonds. The zero-order valence-corrected chi connectivity index (χ0v) is 12.7. The lowest BCUT2D eigenvalue weighted by atomic mass is 10.2. The molecule has 1 N–H and O–H groups in total. The van der Waals surface area contributed by atoms with E-state index in [4.69, 9.17) is 9.84 Å². The molecule has 118 valence electrons. The van der Waals surface area contributed by atoms with Crippen LogP contribution in [0.25, 0.3) is 0 Å². The standard InChI is InChI=1S/C16H25NO4/c1-2-3-4-5-6-13-21-14-9-7-11-17(16(14)20)12-8-10-15(18)19/h7,9,11H,2-6,8,10,12-13H2,1H3,(H,18,19). The Morgan fingerprint density at radius 2 is 2.00 bits per heavy atom. The molecule has 0 saturated heterocycles. The molecule has 21 heavy (non-hydrogen) atoms. The van der Waals surface area contributed by atoms with Crippen molar-refractivity contribution >= 4 is 5.97 Å². The summed E-state index contributed by atoms with van der Waals surface area (Å²) in [7, 11) is 0. The van der Waals surface area contributed by atoms with Gasteiger partial charge in [0, 0.05) is 19.2 Å². The lowest BCUT2D eigenvalue weighted by Crippen LogP contribution is -2.22. The van der Waals surface area contributed by atoms with Crippen molar-refractivity contribution in [3.63, 3.8) is 0 Å². The van der Waals surface area contributed by atoms with Gasteiger partial charge < -0.3 is 14.4 Å². The van der Waals surface area contributed by atoms with Crippen molar-refractivity contribution in [2.24, 2.45) is 0 Å². The molecule has 0 bridgehead atoms. The van der Waals surface area contributed by atoms with Gasteiger partial charge in [0.05, 0.1) is 6.61 Å². The van der Waals surface area contributed by atoms with E-state index in [9.17, 15) is 9.59 Å². The molecule has 0 aliphatic heterocycles. The molecule has 0 radical (unpaired) electrons. The third-order valence-electron chi connectivity index (χ3n) is 3.28. The Morgan fingerprint density at radius 3 is 2.71 bits per heavy atom. The molecule has 0 aliphatic carbocycles. The second-order valence-electron chi connectivity index (χ2n) is 5.13. The molecule has 0 aromatic carbocycles. The number of rotatable bonds is 11. The van der Waals surface area contributed by atoms with Gasteiger partial charge in [0.15, 0.2) is 5.75 Å². The minimum atomic E-state index is -0.845. The fourth-order valence-corrected chi connectivity index (χ4v) is 2.09. The maximum absolute atomic E-state index is 12.1. The van der Waals surface area contributed by atoms with E-state index in [1.807, 2.05) is 0 Å². The monoisotopic (exact) mass is 295 g/mol. The SMILES string of the molecule is CCCCCCCOc1cccn(CCCC(=O)O)c1=O. The summed E-state index contributed by atoms with van der Waals surface area (Å²) in [5, 5.41) is 8.61. The minimum absolute atomic E-state index is 0.0644. The van der Waals surface area contributed by atoms with Crippen molar-refractivity contribution in [2.45, 2.75) is 58.4 Å². The molecule has 0 saturated carbocycles. The van der Waals surface area contributed by atoms with E-state index in [2.05, 4.69) is 6.92 Å². The molecule has 0 aliphatic rings. The smallest absolute Gasteiger partial charge is 0.303 e. The van der Waals surface area contributed by atoms with E-state index >= 15 is 0 Å². The molecule has 1 heterocycles. The van der Waals surface area contributed by atoms with Crippen LogP contribution in [0.3, 0.4) is 0 Å². The predicted molar refractivity (Wildman–Crippen MR) is 81.8 cm³/mol. The number of unbranched alkanes of at least 4 members (excludes halogenated alkanes) is 4. The van der Waals surface area contributed by atoms with E-state index in [0.717, 1.165) is 12.8 Å². The number of carboxylic acid groups (broad SMARTS) is 1. The van der Waals surface area contributed by atoms with Crippen LogP contribution in [-0.2, 0) is 11.3 Å². The fourth-order valence-electron chi connectivity index (χ4n) is 2.09. The maximum Gasteiger partial charge on any atom is 0.303 e. The molecule has 0 unspecified atom stereocenters. The van der Waals surface area contributed by atoms with Gasteiger partial charge in [0.1, 0.15) is 0 Å². The molecule has 1 aromatic heterocycles. The van der Waals surface area contributed by atoms with Gasteiger partial charge in [-0.15, -0.1) is 0 Å². The Hall–Kier alpha value is -1.78. The van der Waals surface area contributed by atoms with Crippen LogP contribution in [0.15, 0.2) is 23.1 Å². The van der Waals surface area contributed by atoms with Gasteiger partial charge in [-0.25, -0.2) is 0 Å². The summed E-state index contributed by atoms with van der Waals surface area (Å²) in [5.41, 5.74) is -0.184. The van der Waals surface area contributed by atoms with Crippen molar-refractivity contribution in [1.82, 2.24) is 4.57 Å². The third-order valence-corrected chi connectivity index (χ3v) is 3.28. The highest BCUT2D eigenvalue weighted by molar-refractivity contribution is 5.66. The molecule has 1 aromatic rings. The Balaban J connectivity index is 2.41. The number of hydrogen-bond acceptors (Lipinski definition) is 3. The number of carboxylic acids is 1. The van der Waals surface area contributed by atoms with Crippen LogP contribution in [-0.4, -0.2) is 22.2 Å². The molecule has 0 fully saturated rings. The van der Waals surface area contributed by atoms with Crippen LogP contribution in [0.5, 0.6) is 5.75 Å². The molecule has 0 spiro atoms. The average Bonchev–Trinajstić information content (AvgIpc) is 2.45. The number of pyridine rings is 1. The summed E-state index contributed by atoms with van der Waals surface area (Å²) in [6.45, 7) is 3.13. The second-order valence-corrected chi connectivity index (χ2v) is 5.13. The zero-order valence-electron chi connectivity index (χ0n) is 12.7. The van der Waals surface area contributed by atoms with E-state index < -0.39 is 5.97 Å². The molecule has 5 nitrogen and oxygen atoms in total. The predicted octanol–water partition coefficient (Wildman–Crippen LogP) is 3.06. The van der Waals surface area contributed by atoms with Crippen LogP contribution < -0.4 is 10.3 Å². The van der Waals surface area contributed by atoms with Gasteiger partial charge in [-0.3, -0.25) is 9.59 Å². The first-order valence-electron chi connectivity index (χ1n) is 7.69.